The van der Waals surface area contributed by atoms with Crippen molar-refractivity contribution in [2.75, 3.05) is 36.8 Å². The normalized spacial score (nSPS) is 14.0. The van der Waals surface area contributed by atoms with Gasteiger partial charge in [-0.05, 0) is 31.2 Å². The number of nitrogens with zero attached hydrogens (tertiary/aromatic N) is 5. The molecule has 0 aliphatic carbocycles. The zero-order valence-corrected chi connectivity index (χ0v) is 17.7. The van der Waals surface area contributed by atoms with Crippen LogP contribution in [0.5, 0.6) is 0 Å². The standard InChI is InChI=1S/C21H21N5O4S/c1-15-2-4-16(5-3-15)20-22-23-21(30-20)31-14-19(27)25-12-10-24(11-13-25)17-6-8-18(9-7-17)26(28)29/h2-9H,10-14H2,1H3. The fraction of sp³-hybridized carbons (Fsp3) is 0.286. The Kier molecular flexibility index (Phi) is 6.17. The molecule has 1 amide bonds. The van der Waals surface area contributed by atoms with Gasteiger partial charge in [-0.2, -0.15) is 0 Å². The molecule has 31 heavy (non-hydrogen) atoms. The molecular weight excluding hydrogens is 418 g/mol. The number of benzene rings is 2. The highest BCUT2D eigenvalue weighted by Gasteiger charge is 2.22. The van der Waals surface area contributed by atoms with E-state index in [9.17, 15) is 14.9 Å². The van der Waals surface area contributed by atoms with Gasteiger partial charge in [-0.25, -0.2) is 0 Å². The molecule has 0 bridgehead atoms. The minimum atomic E-state index is -0.412. The highest BCUT2D eigenvalue weighted by Crippen LogP contribution is 2.24. The number of hydrogen-bond donors (Lipinski definition) is 0. The summed E-state index contributed by atoms with van der Waals surface area (Å²) in [6, 6.07) is 14.3. The first-order chi connectivity index (χ1) is 15.0. The molecule has 0 saturated carbocycles. The van der Waals surface area contributed by atoms with Crippen molar-refractivity contribution in [3.8, 4) is 11.5 Å². The molecule has 1 aliphatic rings. The fourth-order valence-corrected chi connectivity index (χ4v) is 3.96. The molecule has 1 fully saturated rings. The van der Waals surface area contributed by atoms with E-state index in [0.29, 0.717) is 37.3 Å². The van der Waals surface area contributed by atoms with Crippen LogP contribution < -0.4 is 4.90 Å². The summed E-state index contributed by atoms with van der Waals surface area (Å²) in [6.07, 6.45) is 0. The lowest BCUT2D eigenvalue weighted by Gasteiger charge is -2.36. The molecule has 160 valence electrons. The summed E-state index contributed by atoms with van der Waals surface area (Å²) >= 11 is 1.23. The number of piperazine rings is 1. The number of thioether (sulfide) groups is 1. The second kappa shape index (κ2) is 9.17. The molecular formula is C21H21N5O4S. The van der Waals surface area contributed by atoms with Crippen molar-refractivity contribution in [2.24, 2.45) is 0 Å². The number of nitro benzene ring substituents is 1. The summed E-state index contributed by atoms with van der Waals surface area (Å²) in [7, 11) is 0. The third-order valence-electron chi connectivity index (χ3n) is 5.08. The molecule has 0 radical (unpaired) electrons. The summed E-state index contributed by atoms with van der Waals surface area (Å²) in [6.45, 7) is 4.54. The van der Waals surface area contributed by atoms with Crippen LogP contribution in [0.3, 0.4) is 0 Å². The van der Waals surface area contributed by atoms with Crippen LogP contribution in [0.15, 0.2) is 58.2 Å². The minimum absolute atomic E-state index is 0.0171. The summed E-state index contributed by atoms with van der Waals surface area (Å²) in [5.41, 5.74) is 2.98. The summed E-state index contributed by atoms with van der Waals surface area (Å²) in [5, 5.41) is 19.2. The molecule has 9 nitrogen and oxygen atoms in total. The fourth-order valence-electron chi connectivity index (χ4n) is 3.29. The van der Waals surface area contributed by atoms with E-state index in [1.807, 2.05) is 36.1 Å². The Morgan fingerprint density at radius 3 is 2.39 bits per heavy atom. The van der Waals surface area contributed by atoms with E-state index >= 15 is 0 Å². The minimum Gasteiger partial charge on any atom is -0.411 e. The van der Waals surface area contributed by atoms with E-state index in [4.69, 9.17) is 4.42 Å². The number of aryl methyl sites for hydroxylation is 1. The van der Waals surface area contributed by atoms with Gasteiger partial charge in [0, 0.05) is 49.6 Å². The Hall–Kier alpha value is -3.40. The number of carbonyl (C=O) groups excluding carboxylic acids is 1. The third kappa shape index (κ3) is 5.02. The number of amides is 1. The third-order valence-corrected chi connectivity index (χ3v) is 5.89. The predicted octanol–water partition coefficient (Wildman–Crippen LogP) is 3.39. The topological polar surface area (TPSA) is 106 Å². The molecule has 4 rings (SSSR count). The Morgan fingerprint density at radius 2 is 1.74 bits per heavy atom. The first-order valence-electron chi connectivity index (χ1n) is 9.80. The van der Waals surface area contributed by atoms with Crippen LogP contribution in [0, 0.1) is 17.0 Å². The molecule has 1 saturated heterocycles. The summed E-state index contributed by atoms with van der Waals surface area (Å²) in [5.74, 6) is 0.683. The lowest BCUT2D eigenvalue weighted by atomic mass is 10.1. The molecule has 0 unspecified atom stereocenters. The van der Waals surface area contributed by atoms with Crippen molar-refractivity contribution in [2.45, 2.75) is 12.1 Å². The second-order valence-corrected chi connectivity index (χ2v) is 8.10. The molecule has 1 aromatic heterocycles. The summed E-state index contributed by atoms with van der Waals surface area (Å²) < 4.78 is 5.66. The van der Waals surface area contributed by atoms with Gasteiger partial charge in [0.05, 0.1) is 10.7 Å². The number of carbonyl (C=O) groups is 1. The van der Waals surface area contributed by atoms with Gasteiger partial charge in [0.15, 0.2) is 0 Å². The quantitative estimate of drug-likeness (QED) is 0.327. The Bertz CT molecular complexity index is 1060. The van der Waals surface area contributed by atoms with Gasteiger partial charge in [-0.3, -0.25) is 14.9 Å². The SMILES string of the molecule is Cc1ccc(-c2nnc(SCC(=O)N3CCN(c4ccc([N+](=O)[O-])cc4)CC3)o2)cc1. The van der Waals surface area contributed by atoms with Crippen molar-refractivity contribution < 1.29 is 14.1 Å². The van der Waals surface area contributed by atoms with E-state index < -0.39 is 4.92 Å². The Balaban J connectivity index is 1.27. The van der Waals surface area contributed by atoms with Crippen LogP contribution in [0.1, 0.15) is 5.56 Å². The van der Waals surface area contributed by atoms with E-state index in [1.54, 1.807) is 12.1 Å². The van der Waals surface area contributed by atoms with Crippen LogP contribution in [-0.4, -0.2) is 57.9 Å². The zero-order chi connectivity index (χ0) is 21.8. The van der Waals surface area contributed by atoms with Gasteiger partial charge in [-0.1, -0.05) is 29.5 Å². The van der Waals surface area contributed by atoms with E-state index in [2.05, 4.69) is 15.1 Å². The first-order valence-corrected chi connectivity index (χ1v) is 10.8. The van der Waals surface area contributed by atoms with Gasteiger partial charge in [0.1, 0.15) is 0 Å². The number of anilines is 1. The van der Waals surface area contributed by atoms with Crippen LogP contribution in [0.2, 0.25) is 0 Å². The van der Waals surface area contributed by atoms with Gasteiger partial charge in [0.25, 0.3) is 10.9 Å². The number of rotatable bonds is 6. The molecule has 3 aromatic rings. The maximum atomic E-state index is 12.6. The lowest BCUT2D eigenvalue weighted by molar-refractivity contribution is -0.384. The van der Waals surface area contributed by atoms with Crippen molar-refractivity contribution in [3.05, 3.63) is 64.2 Å². The number of aromatic nitrogens is 2. The largest absolute Gasteiger partial charge is 0.411 e. The van der Waals surface area contributed by atoms with Crippen molar-refractivity contribution in [1.29, 1.82) is 0 Å². The zero-order valence-electron chi connectivity index (χ0n) is 16.9. The van der Waals surface area contributed by atoms with Gasteiger partial charge in [0.2, 0.25) is 11.8 Å². The average molecular weight is 439 g/mol. The van der Waals surface area contributed by atoms with Crippen molar-refractivity contribution in [1.82, 2.24) is 15.1 Å². The van der Waals surface area contributed by atoms with Gasteiger partial charge in [-0.15, -0.1) is 10.2 Å². The Labute approximate surface area is 183 Å². The van der Waals surface area contributed by atoms with Crippen LogP contribution in [-0.2, 0) is 4.79 Å². The maximum absolute atomic E-state index is 12.6. The summed E-state index contributed by atoms with van der Waals surface area (Å²) in [4.78, 5) is 26.9. The number of nitro groups is 1. The maximum Gasteiger partial charge on any atom is 0.277 e. The molecule has 2 aromatic carbocycles. The van der Waals surface area contributed by atoms with E-state index in [-0.39, 0.29) is 17.3 Å². The molecule has 2 heterocycles. The monoisotopic (exact) mass is 439 g/mol. The molecule has 0 atom stereocenters. The van der Waals surface area contributed by atoms with Crippen LogP contribution in [0.25, 0.3) is 11.5 Å². The number of hydrogen-bond acceptors (Lipinski definition) is 8. The van der Waals surface area contributed by atoms with E-state index in [0.717, 1.165) is 16.8 Å². The second-order valence-electron chi connectivity index (χ2n) is 7.17. The van der Waals surface area contributed by atoms with Gasteiger partial charge < -0.3 is 14.2 Å². The van der Waals surface area contributed by atoms with Crippen LogP contribution in [0.4, 0.5) is 11.4 Å². The highest BCUT2D eigenvalue weighted by molar-refractivity contribution is 7.99. The molecule has 10 heteroatoms. The Morgan fingerprint density at radius 1 is 1.06 bits per heavy atom. The van der Waals surface area contributed by atoms with Crippen molar-refractivity contribution >= 4 is 29.0 Å². The first kappa shape index (κ1) is 20.9. The molecule has 1 aliphatic heterocycles. The lowest BCUT2D eigenvalue weighted by Crippen LogP contribution is -2.49. The highest BCUT2D eigenvalue weighted by atomic mass is 32.2. The van der Waals surface area contributed by atoms with E-state index in [1.165, 1.54) is 23.9 Å². The molecule has 0 N–H and O–H groups in total. The van der Waals surface area contributed by atoms with Crippen LogP contribution >= 0.6 is 11.8 Å². The number of non-ortho nitro benzene ring substituents is 1. The predicted molar refractivity (Wildman–Crippen MR) is 117 cm³/mol. The molecule has 0 spiro atoms. The van der Waals surface area contributed by atoms with Gasteiger partial charge >= 0.3 is 0 Å². The van der Waals surface area contributed by atoms with Crippen molar-refractivity contribution in [3.63, 3.8) is 0 Å². The smallest absolute Gasteiger partial charge is 0.277 e. The average Bonchev–Trinajstić information content (AvgIpc) is 3.27.